The zero-order valence-corrected chi connectivity index (χ0v) is 18.9. The minimum absolute atomic E-state index is 0.0191. The van der Waals surface area contributed by atoms with Crippen molar-refractivity contribution in [2.24, 2.45) is 0 Å². The first-order chi connectivity index (χ1) is 17.2. The largest absolute Gasteiger partial charge is 0.454 e. The van der Waals surface area contributed by atoms with Crippen LogP contribution in [0.5, 0.6) is 23.0 Å². The normalized spacial score (nSPS) is 23.5. The summed E-state index contributed by atoms with van der Waals surface area (Å²) in [6, 6.07) is 19.4. The number of anilines is 1. The average molecular weight is 472 g/mol. The highest BCUT2D eigenvalue weighted by Gasteiger charge is 2.53. The number of fused-ring (bicyclic) bond motifs is 5. The van der Waals surface area contributed by atoms with E-state index in [1.54, 1.807) is 18.2 Å². The number of hydrogen-bond acceptors (Lipinski definition) is 7. The number of carbonyl (C=O) groups excluding carboxylic acids is 1. The van der Waals surface area contributed by atoms with Gasteiger partial charge in [-0.05, 0) is 47.5 Å². The lowest BCUT2D eigenvalue weighted by Crippen LogP contribution is -2.68. The van der Waals surface area contributed by atoms with Crippen LogP contribution in [0.3, 0.4) is 0 Å². The first kappa shape index (κ1) is 20.6. The van der Waals surface area contributed by atoms with Gasteiger partial charge in [-0.25, -0.2) is 0 Å². The van der Waals surface area contributed by atoms with E-state index < -0.39 is 0 Å². The third-order valence-electron chi connectivity index (χ3n) is 7.49. The molecule has 3 aromatic carbocycles. The van der Waals surface area contributed by atoms with Crippen LogP contribution >= 0.6 is 0 Å². The molecule has 8 heteroatoms. The summed E-state index contributed by atoms with van der Waals surface area (Å²) < 4.78 is 21.9. The molecule has 3 aromatic rings. The quantitative estimate of drug-likeness (QED) is 0.625. The fourth-order valence-electron chi connectivity index (χ4n) is 5.83. The van der Waals surface area contributed by atoms with Crippen molar-refractivity contribution >= 4 is 11.6 Å². The van der Waals surface area contributed by atoms with E-state index in [2.05, 4.69) is 11.0 Å². The Balaban J connectivity index is 1.21. The summed E-state index contributed by atoms with van der Waals surface area (Å²) >= 11 is 0. The van der Waals surface area contributed by atoms with Gasteiger partial charge in [0.25, 0.3) is 5.91 Å². The van der Waals surface area contributed by atoms with Gasteiger partial charge in [0.1, 0.15) is 0 Å². The van der Waals surface area contributed by atoms with Gasteiger partial charge in [-0.1, -0.05) is 24.3 Å². The molecule has 4 aliphatic heterocycles. The number of amides is 1. The standard InChI is InChI=1S/C27H24N2O6/c30-13-21-26-18-3-1-2-4-19(18)29(27(31)17-6-8-23-25(10-17)35-15-33-23)12-20(26)28(21)11-16-5-7-22-24(9-16)34-14-32-22/h1-10,20-21,26,30H,11-15H2/t20-,21+,26+/m1/s1. The minimum Gasteiger partial charge on any atom is -0.454 e. The molecule has 0 aliphatic carbocycles. The molecule has 1 fully saturated rings. The summed E-state index contributed by atoms with van der Waals surface area (Å²) in [5, 5.41) is 10.3. The molecule has 35 heavy (non-hydrogen) atoms. The number of rotatable bonds is 4. The molecule has 1 saturated heterocycles. The number of carbonyl (C=O) groups is 1. The Kier molecular flexibility index (Phi) is 4.65. The third-order valence-corrected chi connectivity index (χ3v) is 7.49. The Hall–Kier alpha value is -3.75. The van der Waals surface area contributed by atoms with Crippen LogP contribution in [0, 0.1) is 0 Å². The second-order valence-electron chi connectivity index (χ2n) is 9.25. The molecule has 0 unspecified atom stereocenters. The van der Waals surface area contributed by atoms with Gasteiger partial charge < -0.3 is 29.0 Å². The molecule has 1 amide bonds. The molecule has 178 valence electrons. The van der Waals surface area contributed by atoms with Crippen molar-refractivity contribution in [3.05, 3.63) is 77.4 Å². The maximum Gasteiger partial charge on any atom is 0.258 e. The number of para-hydroxylation sites is 1. The van der Waals surface area contributed by atoms with Crippen LogP contribution in [0.25, 0.3) is 0 Å². The monoisotopic (exact) mass is 472 g/mol. The van der Waals surface area contributed by atoms with Gasteiger partial charge in [-0.15, -0.1) is 0 Å². The van der Waals surface area contributed by atoms with Gasteiger partial charge in [0, 0.05) is 42.3 Å². The highest BCUT2D eigenvalue weighted by atomic mass is 16.7. The Labute approximate surface area is 202 Å². The van der Waals surface area contributed by atoms with E-state index in [1.807, 2.05) is 41.3 Å². The van der Waals surface area contributed by atoms with Gasteiger partial charge in [0.15, 0.2) is 23.0 Å². The van der Waals surface area contributed by atoms with E-state index in [-0.39, 0.29) is 44.1 Å². The van der Waals surface area contributed by atoms with Crippen LogP contribution in [-0.2, 0) is 6.54 Å². The maximum absolute atomic E-state index is 13.7. The number of aliphatic hydroxyl groups excluding tert-OH is 1. The highest BCUT2D eigenvalue weighted by molar-refractivity contribution is 6.07. The lowest BCUT2D eigenvalue weighted by Gasteiger charge is -2.59. The second kappa shape index (κ2) is 7.90. The summed E-state index contributed by atoms with van der Waals surface area (Å²) in [7, 11) is 0. The van der Waals surface area contributed by atoms with Crippen molar-refractivity contribution in [3.63, 3.8) is 0 Å². The maximum atomic E-state index is 13.7. The lowest BCUT2D eigenvalue weighted by atomic mass is 9.71. The number of aliphatic hydroxyl groups is 1. The van der Waals surface area contributed by atoms with Gasteiger partial charge in [-0.2, -0.15) is 0 Å². The predicted octanol–water partition coefficient (Wildman–Crippen LogP) is 3.13. The van der Waals surface area contributed by atoms with Crippen molar-refractivity contribution in [1.29, 1.82) is 0 Å². The molecule has 0 spiro atoms. The summed E-state index contributed by atoms with van der Waals surface area (Å²) in [4.78, 5) is 17.9. The van der Waals surface area contributed by atoms with Crippen LogP contribution in [0.2, 0.25) is 0 Å². The van der Waals surface area contributed by atoms with E-state index in [0.29, 0.717) is 30.2 Å². The minimum atomic E-state index is -0.0790. The van der Waals surface area contributed by atoms with Gasteiger partial charge in [-0.3, -0.25) is 9.69 Å². The lowest BCUT2D eigenvalue weighted by molar-refractivity contribution is -0.0488. The van der Waals surface area contributed by atoms with E-state index in [0.717, 1.165) is 28.3 Å². The molecule has 0 aromatic heterocycles. The summed E-state index contributed by atoms with van der Waals surface area (Å²) in [5.74, 6) is 2.82. The number of likely N-dealkylation sites (tertiary alicyclic amines) is 1. The topological polar surface area (TPSA) is 80.7 Å². The molecule has 8 nitrogen and oxygen atoms in total. The number of ether oxygens (including phenoxy) is 4. The summed E-state index contributed by atoms with van der Waals surface area (Å²) in [6.07, 6.45) is 0. The van der Waals surface area contributed by atoms with Crippen molar-refractivity contribution in [2.75, 3.05) is 31.6 Å². The van der Waals surface area contributed by atoms with Crippen molar-refractivity contribution in [3.8, 4) is 23.0 Å². The third kappa shape index (κ3) is 3.17. The zero-order valence-electron chi connectivity index (χ0n) is 18.9. The van der Waals surface area contributed by atoms with Gasteiger partial charge >= 0.3 is 0 Å². The van der Waals surface area contributed by atoms with Crippen molar-refractivity contribution in [2.45, 2.75) is 24.5 Å². The summed E-state index contributed by atoms with van der Waals surface area (Å²) in [5.41, 5.74) is 3.64. The van der Waals surface area contributed by atoms with E-state index in [9.17, 15) is 9.90 Å². The fourth-order valence-corrected chi connectivity index (χ4v) is 5.83. The number of nitrogens with zero attached hydrogens (tertiary/aromatic N) is 2. The zero-order chi connectivity index (χ0) is 23.5. The van der Waals surface area contributed by atoms with E-state index in [1.165, 1.54) is 0 Å². The Morgan fingerprint density at radius 2 is 1.60 bits per heavy atom. The van der Waals surface area contributed by atoms with Crippen molar-refractivity contribution in [1.82, 2.24) is 4.90 Å². The molecular formula is C27H24N2O6. The molecule has 0 bridgehead atoms. The Morgan fingerprint density at radius 1 is 0.886 bits per heavy atom. The van der Waals surface area contributed by atoms with Crippen LogP contribution in [0.15, 0.2) is 60.7 Å². The second-order valence-corrected chi connectivity index (χ2v) is 9.25. The molecule has 4 aliphatic rings. The van der Waals surface area contributed by atoms with Crippen LogP contribution < -0.4 is 23.8 Å². The number of hydrogen-bond donors (Lipinski definition) is 1. The summed E-state index contributed by atoms with van der Waals surface area (Å²) in [6.45, 7) is 1.64. The predicted molar refractivity (Wildman–Crippen MR) is 126 cm³/mol. The molecular weight excluding hydrogens is 448 g/mol. The van der Waals surface area contributed by atoms with Crippen molar-refractivity contribution < 1.29 is 28.8 Å². The molecule has 1 N–H and O–H groups in total. The highest BCUT2D eigenvalue weighted by Crippen LogP contribution is 2.49. The average Bonchev–Trinajstić information content (AvgIpc) is 3.55. The van der Waals surface area contributed by atoms with Gasteiger partial charge in [0.05, 0.1) is 6.61 Å². The Bertz CT molecular complexity index is 1330. The SMILES string of the molecule is O=C(c1ccc2c(c1)OCO2)N1C[C@@H]2[C@H](c3ccccc31)[C@H](CO)N2Cc1ccc2c(c1)OCO2. The van der Waals surface area contributed by atoms with Crippen LogP contribution in [0.4, 0.5) is 5.69 Å². The molecule has 7 rings (SSSR count). The van der Waals surface area contributed by atoms with Gasteiger partial charge in [0.2, 0.25) is 13.6 Å². The van der Waals surface area contributed by atoms with E-state index in [4.69, 9.17) is 18.9 Å². The fraction of sp³-hybridized carbons (Fsp3) is 0.296. The smallest absolute Gasteiger partial charge is 0.258 e. The van der Waals surface area contributed by atoms with Crippen LogP contribution in [-0.4, -0.2) is 54.7 Å². The first-order valence-electron chi connectivity index (χ1n) is 11.8. The molecule has 3 atom stereocenters. The molecule has 0 radical (unpaired) electrons. The van der Waals surface area contributed by atoms with Crippen LogP contribution in [0.1, 0.15) is 27.4 Å². The Morgan fingerprint density at radius 3 is 2.40 bits per heavy atom. The first-order valence-corrected chi connectivity index (χ1v) is 11.8. The number of benzene rings is 3. The molecule has 4 heterocycles. The van der Waals surface area contributed by atoms with E-state index >= 15 is 0 Å². The molecule has 0 saturated carbocycles.